The highest BCUT2D eigenvalue weighted by molar-refractivity contribution is 5.82. The van der Waals surface area contributed by atoms with Crippen molar-refractivity contribution in [2.75, 3.05) is 6.61 Å². The summed E-state index contributed by atoms with van der Waals surface area (Å²) in [5, 5.41) is 0. The van der Waals surface area contributed by atoms with E-state index in [0.29, 0.717) is 6.61 Å². The molecule has 0 heterocycles. The van der Waals surface area contributed by atoms with E-state index in [9.17, 15) is 4.79 Å². The van der Waals surface area contributed by atoms with Crippen LogP contribution in [0.4, 0.5) is 0 Å². The van der Waals surface area contributed by atoms with Gasteiger partial charge in [-0.3, -0.25) is 0 Å². The summed E-state index contributed by atoms with van der Waals surface area (Å²) in [4.78, 5) is 11.0. The minimum Gasteiger partial charge on any atom is -0.463 e. The summed E-state index contributed by atoms with van der Waals surface area (Å²) in [6.45, 7) is 7.74. The van der Waals surface area contributed by atoms with Crippen LogP contribution in [0.5, 0.6) is 0 Å². The van der Waals surface area contributed by atoms with Crippen LogP contribution < -0.4 is 0 Å². The van der Waals surface area contributed by atoms with Crippen LogP contribution >= 0.6 is 0 Å². The van der Waals surface area contributed by atoms with Crippen LogP contribution in [0.1, 0.15) is 13.8 Å². The standard InChI is InChI=1S/C14H18O2/c1-4-9-13(10-5-2)11-7-8-12-14(15)16-6-3/h4-5,7-12H,1,6H2,2-3H3/b10-5-,11-7+,12-8+,13-9+. The third-order valence-corrected chi connectivity index (χ3v) is 1.59. The van der Waals surface area contributed by atoms with Crippen molar-refractivity contribution in [3.63, 3.8) is 0 Å². The Hall–Kier alpha value is -1.83. The average Bonchev–Trinajstić information content (AvgIpc) is 2.25. The van der Waals surface area contributed by atoms with Crippen molar-refractivity contribution in [3.05, 3.63) is 60.8 Å². The van der Waals surface area contributed by atoms with Gasteiger partial charge in [0.25, 0.3) is 0 Å². The van der Waals surface area contributed by atoms with E-state index < -0.39 is 0 Å². The van der Waals surface area contributed by atoms with Crippen molar-refractivity contribution in [1.82, 2.24) is 0 Å². The molecule has 0 aromatic carbocycles. The fourth-order valence-corrected chi connectivity index (χ4v) is 0.986. The topological polar surface area (TPSA) is 26.3 Å². The quantitative estimate of drug-likeness (QED) is 0.388. The molecule has 0 aromatic heterocycles. The summed E-state index contributed by atoms with van der Waals surface area (Å²) in [5.74, 6) is -0.326. The zero-order valence-electron chi connectivity index (χ0n) is 9.85. The summed E-state index contributed by atoms with van der Waals surface area (Å²) in [6, 6.07) is 0. The number of carbonyl (C=O) groups excluding carboxylic acids is 1. The van der Waals surface area contributed by atoms with Crippen molar-refractivity contribution in [1.29, 1.82) is 0 Å². The first kappa shape index (κ1) is 14.2. The molecule has 2 nitrogen and oxygen atoms in total. The van der Waals surface area contributed by atoms with Gasteiger partial charge in [-0.05, 0) is 19.4 Å². The Labute approximate surface area is 97.3 Å². The molecule has 0 N–H and O–H groups in total. The van der Waals surface area contributed by atoms with Crippen molar-refractivity contribution in [3.8, 4) is 0 Å². The molecule has 0 atom stereocenters. The molecule has 0 aromatic rings. The van der Waals surface area contributed by atoms with Gasteiger partial charge in [-0.25, -0.2) is 4.79 Å². The van der Waals surface area contributed by atoms with Crippen LogP contribution in [0.2, 0.25) is 0 Å². The van der Waals surface area contributed by atoms with Crippen LogP contribution in [0.3, 0.4) is 0 Å². The van der Waals surface area contributed by atoms with E-state index in [1.807, 2.05) is 31.2 Å². The Kier molecular flexibility index (Phi) is 8.60. The predicted molar refractivity (Wildman–Crippen MR) is 68.0 cm³/mol. The van der Waals surface area contributed by atoms with Gasteiger partial charge in [-0.2, -0.15) is 0 Å². The second kappa shape index (κ2) is 9.71. The zero-order valence-corrected chi connectivity index (χ0v) is 9.85. The number of hydrogen-bond donors (Lipinski definition) is 0. The number of rotatable bonds is 6. The zero-order chi connectivity index (χ0) is 12.2. The Morgan fingerprint density at radius 3 is 2.50 bits per heavy atom. The molecule has 86 valence electrons. The SMILES string of the molecule is C=C/C=C(\C=C/C)/C=C/C=C/C(=O)OCC. The van der Waals surface area contributed by atoms with Gasteiger partial charge in [0.05, 0.1) is 6.61 Å². The summed E-state index contributed by atoms with van der Waals surface area (Å²) < 4.78 is 4.74. The van der Waals surface area contributed by atoms with Crippen LogP contribution in [0.25, 0.3) is 0 Å². The van der Waals surface area contributed by atoms with E-state index in [1.165, 1.54) is 6.08 Å². The number of ether oxygens (including phenoxy) is 1. The van der Waals surface area contributed by atoms with Gasteiger partial charge in [0.1, 0.15) is 0 Å². The lowest BCUT2D eigenvalue weighted by Gasteiger charge is -1.93. The maximum absolute atomic E-state index is 11.0. The highest BCUT2D eigenvalue weighted by Crippen LogP contribution is 2.00. The molecule has 2 heteroatoms. The molecular weight excluding hydrogens is 200 g/mol. The summed E-state index contributed by atoms with van der Waals surface area (Å²) in [6.07, 6.45) is 14.2. The van der Waals surface area contributed by atoms with Crippen LogP contribution in [0, 0.1) is 0 Å². The highest BCUT2D eigenvalue weighted by Gasteiger charge is 1.90. The van der Waals surface area contributed by atoms with E-state index >= 15 is 0 Å². The van der Waals surface area contributed by atoms with Crippen LogP contribution in [-0.4, -0.2) is 12.6 Å². The van der Waals surface area contributed by atoms with Gasteiger partial charge >= 0.3 is 5.97 Å². The Bertz CT molecular complexity index is 331. The smallest absolute Gasteiger partial charge is 0.330 e. The maximum Gasteiger partial charge on any atom is 0.330 e. The molecule has 0 spiro atoms. The normalized spacial score (nSPS) is 12.8. The Morgan fingerprint density at radius 1 is 1.25 bits per heavy atom. The van der Waals surface area contributed by atoms with Crippen LogP contribution in [0.15, 0.2) is 60.8 Å². The number of allylic oxidation sites excluding steroid dienone is 8. The van der Waals surface area contributed by atoms with Crippen molar-refractivity contribution < 1.29 is 9.53 Å². The second-order valence-electron chi connectivity index (χ2n) is 2.87. The minimum atomic E-state index is -0.326. The van der Waals surface area contributed by atoms with Gasteiger partial charge in [0.15, 0.2) is 0 Å². The predicted octanol–water partition coefficient (Wildman–Crippen LogP) is 3.35. The van der Waals surface area contributed by atoms with Crippen molar-refractivity contribution in [2.24, 2.45) is 0 Å². The molecule has 0 unspecified atom stereocenters. The summed E-state index contributed by atoms with van der Waals surface area (Å²) in [5.41, 5.74) is 1.02. The molecule has 0 aliphatic rings. The molecule has 0 fully saturated rings. The Balaban J connectivity index is 4.31. The third-order valence-electron chi connectivity index (χ3n) is 1.59. The van der Waals surface area contributed by atoms with E-state index in [0.717, 1.165) is 5.57 Å². The fraction of sp³-hybridized carbons (Fsp3) is 0.214. The molecule has 0 radical (unpaired) electrons. The first-order valence-electron chi connectivity index (χ1n) is 5.21. The second-order valence-corrected chi connectivity index (χ2v) is 2.87. The third kappa shape index (κ3) is 7.56. The van der Waals surface area contributed by atoms with E-state index in [4.69, 9.17) is 4.74 Å². The monoisotopic (exact) mass is 218 g/mol. The molecule has 0 amide bonds. The van der Waals surface area contributed by atoms with Gasteiger partial charge in [-0.15, -0.1) is 0 Å². The van der Waals surface area contributed by atoms with Gasteiger partial charge in [0, 0.05) is 6.08 Å². The maximum atomic E-state index is 11.0. The summed E-state index contributed by atoms with van der Waals surface area (Å²) in [7, 11) is 0. The molecule has 0 aliphatic carbocycles. The first-order chi connectivity index (χ1) is 7.74. The highest BCUT2D eigenvalue weighted by atomic mass is 16.5. The minimum absolute atomic E-state index is 0.326. The molecule has 0 saturated heterocycles. The van der Waals surface area contributed by atoms with Gasteiger partial charge in [-0.1, -0.05) is 49.1 Å². The van der Waals surface area contributed by atoms with Crippen molar-refractivity contribution >= 4 is 5.97 Å². The largest absolute Gasteiger partial charge is 0.463 e. The summed E-state index contributed by atoms with van der Waals surface area (Å²) >= 11 is 0. The number of hydrogen-bond acceptors (Lipinski definition) is 2. The van der Waals surface area contributed by atoms with Gasteiger partial charge in [0.2, 0.25) is 0 Å². The van der Waals surface area contributed by atoms with E-state index in [2.05, 4.69) is 6.58 Å². The van der Waals surface area contributed by atoms with Crippen molar-refractivity contribution in [2.45, 2.75) is 13.8 Å². The lowest BCUT2D eigenvalue weighted by atomic mass is 10.2. The average molecular weight is 218 g/mol. The first-order valence-corrected chi connectivity index (χ1v) is 5.21. The number of carbonyl (C=O) groups is 1. The fourth-order valence-electron chi connectivity index (χ4n) is 0.986. The molecule has 0 saturated carbocycles. The van der Waals surface area contributed by atoms with E-state index in [-0.39, 0.29) is 5.97 Å². The molecule has 0 rings (SSSR count). The molecule has 16 heavy (non-hydrogen) atoms. The van der Waals surface area contributed by atoms with Crippen LogP contribution in [-0.2, 0) is 9.53 Å². The lowest BCUT2D eigenvalue weighted by molar-refractivity contribution is -0.137. The Morgan fingerprint density at radius 2 is 1.94 bits per heavy atom. The lowest BCUT2D eigenvalue weighted by Crippen LogP contribution is -1.98. The molecule has 0 aliphatic heterocycles. The van der Waals surface area contributed by atoms with Gasteiger partial charge < -0.3 is 4.74 Å². The number of esters is 1. The molecular formula is C14H18O2. The molecule has 0 bridgehead atoms. The van der Waals surface area contributed by atoms with E-state index in [1.54, 1.807) is 25.2 Å².